The fraction of sp³-hybridized carbons (Fsp3) is 0.143. The molecule has 0 aliphatic heterocycles. The van der Waals surface area contributed by atoms with Crippen molar-refractivity contribution >= 4 is 34.4 Å². The number of aromatic nitrogens is 2. The molecule has 5 nitrogen and oxygen atoms in total. The Kier molecular flexibility index (Phi) is 3.47. The van der Waals surface area contributed by atoms with Gasteiger partial charge in [0.25, 0.3) is 5.91 Å². The van der Waals surface area contributed by atoms with E-state index in [1.165, 1.54) is 0 Å². The Morgan fingerprint density at radius 3 is 3.05 bits per heavy atom. The largest absolute Gasteiger partial charge is 0.455 e. The van der Waals surface area contributed by atoms with E-state index >= 15 is 0 Å². The molecule has 102 valence electrons. The van der Waals surface area contributed by atoms with E-state index in [1.807, 2.05) is 36.6 Å². The Hall–Kier alpha value is -2.21. The molecule has 1 amide bonds. The molecule has 3 rings (SSSR count). The topological polar surface area (TPSA) is 70.9 Å². The minimum absolute atomic E-state index is 0.293. The molecule has 20 heavy (non-hydrogen) atoms. The number of aromatic amines is 1. The molecule has 6 heteroatoms. The predicted molar refractivity (Wildman–Crippen MR) is 80.0 cm³/mol. The molecule has 0 spiro atoms. The highest BCUT2D eigenvalue weighted by Crippen LogP contribution is 2.21. The van der Waals surface area contributed by atoms with Crippen LogP contribution in [0.5, 0.6) is 0 Å². The van der Waals surface area contributed by atoms with Crippen LogP contribution in [0.1, 0.15) is 16.3 Å². The van der Waals surface area contributed by atoms with Crippen LogP contribution in [0, 0.1) is 0 Å². The second-order valence-corrected chi connectivity index (χ2v) is 5.14. The first kappa shape index (κ1) is 12.8. The number of nitrogens with zero attached hydrogens (tertiary/aromatic N) is 1. The number of hydrogen-bond acceptors (Lipinski definition) is 4. The average Bonchev–Trinajstić information content (AvgIpc) is 3.07. The van der Waals surface area contributed by atoms with E-state index in [0.29, 0.717) is 11.6 Å². The molecular weight excluding hydrogens is 274 g/mol. The zero-order valence-electron chi connectivity index (χ0n) is 10.8. The van der Waals surface area contributed by atoms with Gasteiger partial charge in [-0.1, -0.05) is 12.1 Å². The maximum absolute atomic E-state index is 12.1. The van der Waals surface area contributed by atoms with Crippen LogP contribution >= 0.6 is 11.8 Å². The Labute approximate surface area is 119 Å². The summed E-state index contributed by atoms with van der Waals surface area (Å²) in [5, 5.41) is 10.6. The smallest absolute Gasteiger partial charge is 0.292 e. The lowest BCUT2D eigenvalue weighted by Gasteiger charge is -1.99. The van der Waals surface area contributed by atoms with Gasteiger partial charge in [0, 0.05) is 5.39 Å². The van der Waals surface area contributed by atoms with E-state index < -0.39 is 0 Å². The van der Waals surface area contributed by atoms with Crippen molar-refractivity contribution in [1.29, 1.82) is 0 Å². The molecule has 0 saturated carbocycles. The van der Waals surface area contributed by atoms with E-state index in [4.69, 9.17) is 4.42 Å². The zero-order valence-corrected chi connectivity index (χ0v) is 11.7. The monoisotopic (exact) mass is 287 g/mol. The molecule has 0 fully saturated rings. The standard InChI is InChI=1S/C14H13N3O2S/c1-20-8-9-6-7-12(19-9)14(18)15-13-10-4-2-3-5-11(10)16-17-13/h2-7H,8H2,1H3,(H2,15,16,17,18). The Morgan fingerprint density at radius 1 is 1.35 bits per heavy atom. The molecule has 1 aromatic carbocycles. The quantitative estimate of drug-likeness (QED) is 0.772. The maximum Gasteiger partial charge on any atom is 0.292 e. The minimum Gasteiger partial charge on any atom is -0.455 e. The summed E-state index contributed by atoms with van der Waals surface area (Å²) < 4.78 is 5.48. The number of fused-ring (bicyclic) bond motifs is 1. The highest BCUT2D eigenvalue weighted by Gasteiger charge is 2.14. The number of rotatable bonds is 4. The number of nitrogens with one attached hydrogen (secondary N) is 2. The van der Waals surface area contributed by atoms with Crippen molar-refractivity contribution in [3.63, 3.8) is 0 Å². The van der Waals surface area contributed by atoms with E-state index in [0.717, 1.165) is 22.4 Å². The van der Waals surface area contributed by atoms with Gasteiger partial charge in [0.15, 0.2) is 11.6 Å². The van der Waals surface area contributed by atoms with Crippen LogP contribution in [0.4, 0.5) is 5.82 Å². The SMILES string of the molecule is CSCc1ccc(C(=O)Nc2n[nH]c3ccccc23)o1. The van der Waals surface area contributed by atoms with Crippen LogP contribution in [-0.2, 0) is 5.75 Å². The Bertz CT molecular complexity index is 748. The van der Waals surface area contributed by atoms with Gasteiger partial charge in [-0.25, -0.2) is 0 Å². The Morgan fingerprint density at radius 2 is 2.20 bits per heavy atom. The van der Waals surface area contributed by atoms with Crippen LogP contribution in [0.25, 0.3) is 10.9 Å². The second-order valence-electron chi connectivity index (χ2n) is 4.27. The minimum atomic E-state index is -0.297. The van der Waals surface area contributed by atoms with Crippen molar-refractivity contribution in [2.45, 2.75) is 5.75 Å². The fourth-order valence-corrected chi connectivity index (χ4v) is 2.39. The van der Waals surface area contributed by atoms with Gasteiger partial charge < -0.3 is 9.73 Å². The highest BCUT2D eigenvalue weighted by atomic mass is 32.2. The van der Waals surface area contributed by atoms with Gasteiger partial charge >= 0.3 is 0 Å². The number of hydrogen-bond donors (Lipinski definition) is 2. The maximum atomic E-state index is 12.1. The Balaban J connectivity index is 1.81. The second kappa shape index (κ2) is 5.42. The third kappa shape index (κ3) is 2.42. The van der Waals surface area contributed by atoms with E-state index in [9.17, 15) is 4.79 Å². The molecule has 0 bridgehead atoms. The van der Waals surface area contributed by atoms with Gasteiger partial charge in [-0.3, -0.25) is 9.89 Å². The molecule has 0 saturated heterocycles. The van der Waals surface area contributed by atoms with E-state index in [-0.39, 0.29) is 5.91 Å². The summed E-state index contributed by atoms with van der Waals surface area (Å²) in [4.78, 5) is 12.1. The summed E-state index contributed by atoms with van der Waals surface area (Å²) in [5.74, 6) is 2.04. The number of amides is 1. The third-order valence-corrected chi connectivity index (χ3v) is 3.45. The third-order valence-electron chi connectivity index (χ3n) is 2.87. The lowest BCUT2D eigenvalue weighted by atomic mass is 10.2. The summed E-state index contributed by atoms with van der Waals surface area (Å²) in [7, 11) is 0. The molecule has 2 N–H and O–H groups in total. The lowest BCUT2D eigenvalue weighted by Crippen LogP contribution is -2.11. The van der Waals surface area contributed by atoms with Crippen molar-refractivity contribution < 1.29 is 9.21 Å². The summed E-state index contributed by atoms with van der Waals surface area (Å²) in [5.41, 5.74) is 0.880. The number of anilines is 1. The summed E-state index contributed by atoms with van der Waals surface area (Å²) in [6.07, 6.45) is 1.98. The van der Waals surface area contributed by atoms with Gasteiger partial charge in [0.05, 0.1) is 11.3 Å². The zero-order chi connectivity index (χ0) is 13.9. The number of benzene rings is 1. The van der Waals surface area contributed by atoms with Crippen LogP contribution in [0.3, 0.4) is 0 Å². The van der Waals surface area contributed by atoms with Crippen molar-refractivity contribution in [3.05, 3.63) is 47.9 Å². The van der Waals surface area contributed by atoms with Crippen LogP contribution in [-0.4, -0.2) is 22.4 Å². The summed E-state index contributed by atoms with van der Waals surface area (Å²) >= 11 is 1.64. The highest BCUT2D eigenvalue weighted by molar-refractivity contribution is 7.97. The number of furan rings is 1. The van der Waals surface area contributed by atoms with E-state index in [2.05, 4.69) is 15.5 Å². The molecule has 0 aliphatic rings. The average molecular weight is 287 g/mol. The van der Waals surface area contributed by atoms with Gasteiger partial charge in [0.1, 0.15) is 5.76 Å². The first-order valence-electron chi connectivity index (χ1n) is 6.10. The molecule has 0 unspecified atom stereocenters. The van der Waals surface area contributed by atoms with Crippen LogP contribution in [0.2, 0.25) is 0 Å². The summed E-state index contributed by atoms with van der Waals surface area (Å²) in [6, 6.07) is 11.1. The van der Waals surface area contributed by atoms with Crippen molar-refractivity contribution in [1.82, 2.24) is 10.2 Å². The number of carbonyl (C=O) groups is 1. The van der Waals surface area contributed by atoms with Gasteiger partial charge in [-0.05, 0) is 30.5 Å². The number of para-hydroxylation sites is 1. The van der Waals surface area contributed by atoms with Gasteiger partial charge in [-0.2, -0.15) is 16.9 Å². The fourth-order valence-electron chi connectivity index (χ4n) is 1.95. The number of H-pyrrole nitrogens is 1. The number of carbonyl (C=O) groups excluding carboxylic acids is 1. The normalized spacial score (nSPS) is 10.8. The molecule has 2 aromatic heterocycles. The molecule has 2 heterocycles. The first-order valence-corrected chi connectivity index (χ1v) is 7.49. The lowest BCUT2D eigenvalue weighted by molar-refractivity contribution is 0.0995. The van der Waals surface area contributed by atoms with Gasteiger partial charge in [-0.15, -0.1) is 0 Å². The predicted octanol–water partition coefficient (Wildman–Crippen LogP) is 3.27. The number of thioether (sulfide) groups is 1. The summed E-state index contributed by atoms with van der Waals surface area (Å²) in [6.45, 7) is 0. The van der Waals surface area contributed by atoms with E-state index in [1.54, 1.807) is 17.8 Å². The molecule has 0 radical (unpaired) electrons. The molecule has 3 aromatic rings. The molecule has 0 atom stereocenters. The van der Waals surface area contributed by atoms with Gasteiger partial charge in [0.2, 0.25) is 0 Å². The van der Waals surface area contributed by atoms with Crippen molar-refractivity contribution in [3.8, 4) is 0 Å². The molecule has 0 aliphatic carbocycles. The molecular formula is C14H13N3O2S. The van der Waals surface area contributed by atoms with Crippen molar-refractivity contribution in [2.24, 2.45) is 0 Å². The first-order chi connectivity index (χ1) is 9.78. The van der Waals surface area contributed by atoms with Crippen molar-refractivity contribution in [2.75, 3.05) is 11.6 Å². The van der Waals surface area contributed by atoms with Crippen LogP contribution in [0.15, 0.2) is 40.8 Å². The van der Waals surface area contributed by atoms with Crippen LogP contribution < -0.4 is 5.32 Å².